The second-order valence-electron chi connectivity index (χ2n) is 8.25. The molecule has 1 N–H and O–H groups in total. The van der Waals surface area contributed by atoms with Crippen molar-refractivity contribution < 1.29 is 13.5 Å². The van der Waals surface area contributed by atoms with Gasteiger partial charge in [0.05, 0.1) is 18.7 Å². The lowest BCUT2D eigenvalue weighted by atomic mass is 9.90. The molecule has 0 spiro atoms. The summed E-state index contributed by atoms with van der Waals surface area (Å²) >= 11 is 0. The number of morpholine rings is 1. The Labute approximate surface area is 179 Å². The van der Waals surface area contributed by atoms with Crippen molar-refractivity contribution >= 4 is 16.7 Å². The van der Waals surface area contributed by atoms with E-state index < -0.39 is 11.8 Å². The summed E-state index contributed by atoms with van der Waals surface area (Å²) < 4.78 is 32.3. The Balaban J connectivity index is 1.33. The number of ether oxygens (including phenoxy) is 1. The summed E-state index contributed by atoms with van der Waals surface area (Å²) in [6, 6.07) is 7.76. The molecular formula is C23H25F2N5O. The van der Waals surface area contributed by atoms with Crippen molar-refractivity contribution in [2.45, 2.75) is 37.8 Å². The van der Waals surface area contributed by atoms with Crippen molar-refractivity contribution in [1.82, 2.24) is 19.9 Å². The first kappa shape index (κ1) is 20.2. The van der Waals surface area contributed by atoms with Crippen LogP contribution in [0.2, 0.25) is 0 Å². The highest BCUT2D eigenvalue weighted by Crippen LogP contribution is 2.30. The van der Waals surface area contributed by atoms with Crippen LogP contribution in [0.3, 0.4) is 0 Å². The van der Waals surface area contributed by atoms with E-state index in [9.17, 15) is 8.78 Å². The first-order chi connectivity index (χ1) is 15.2. The fraction of sp³-hybridized carbons (Fsp3) is 0.435. The quantitative estimate of drug-likeness (QED) is 0.637. The lowest BCUT2D eigenvalue weighted by molar-refractivity contribution is 0.00791. The number of hydrogen-bond donors (Lipinski definition) is 1. The fourth-order valence-corrected chi connectivity index (χ4v) is 4.65. The number of halogens is 2. The van der Waals surface area contributed by atoms with Gasteiger partial charge in [-0.15, -0.1) is 0 Å². The van der Waals surface area contributed by atoms with Crippen LogP contribution in [-0.2, 0) is 4.74 Å². The van der Waals surface area contributed by atoms with Crippen molar-refractivity contribution in [3.8, 4) is 11.1 Å². The highest BCUT2D eigenvalue weighted by atomic mass is 19.2. The Kier molecular flexibility index (Phi) is 5.74. The SMILES string of the molecule is Fc1cc(-c2ccc3ncnc(NC4CCC(N5CCOCC5)CC4)c3c2)cnc1F. The zero-order valence-corrected chi connectivity index (χ0v) is 17.2. The van der Waals surface area contributed by atoms with Crippen LogP contribution in [-0.4, -0.2) is 58.2 Å². The Hall–Kier alpha value is -2.71. The number of fused-ring (bicyclic) bond motifs is 1. The zero-order chi connectivity index (χ0) is 21.2. The Morgan fingerprint density at radius 1 is 0.935 bits per heavy atom. The van der Waals surface area contributed by atoms with Crippen LogP contribution < -0.4 is 5.32 Å². The first-order valence-corrected chi connectivity index (χ1v) is 10.8. The monoisotopic (exact) mass is 425 g/mol. The second kappa shape index (κ2) is 8.80. The van der Waals surface area contributed by atoms with Gasteiger partial charge in [0.25, 0.3) is 0 Å². The van der Waals surface area contributed by atoms with Gasteiger partial charge in [-0.2, -0.15) is 4.39 Å². The molecule has 0 unspecified atom stereocenters. The van der Waals surface area contributed by atoms with Gasteiger partial charge in [-0.1, -0.05) is 6.07 Å². The smallest absolute Gasteiger partial charge is 0.248 e. The molecule has 0 atom stereocenters. The van der Waals surface area contributed by atoms with Crippen molar-refractivity contribution in [1.29, 1.82) is 0 Å². The van der Waals surface area contributed by atoms with E-state index in [1.165, 1.54) is 6.20 Å². The minimum atomic E-state index is -1.09. The predicted molar refractivity (Wildman–Crippen MR) is 115 cm³/mol. The Morgan fingerprint density at radius 2 is 1.74 bits per heavy atom. The van der Waals surface area contributed by atoms with Crippen LogP contribution in [0.15, 0.2) is 36.8 Å². The Morgan fingerprint density at radius 3 is 2.52 bits per heavy atom. The molecule has 1 aliphatic heterocycles. The van der Waals surface area contributed by atoms with E-state index in [0.717, 1.165) is 80.3 Å². The summed E-state index contributed by atoms with van der Waals surface area (Å²) in [6.45, 7) is 3.73. The van der Waals surface area contributed by atoms with Crippen molar-refractivity contribution in [3.05, 3.63) is 48.6 Å². The van der Waals surface area contributed by atoms with Crippen LogP contribution in [0.25, 0.3) is 22.0 Å². The summed E-state index contributed by atoms with van der Waals surface area (Å²) in [5.74, 6) is -1.28. The van der Waals surface area contributed by atoms with E-state index in [0.29, 0.717) is 17.6 Å². The topological polar surface area (TPSA) is 63.2 Å². The van der Waals surface area contributed by atoms with E-state index in [1.807, 2.05) is 18.2 Å². The molecule has 0 bridgehead atoms. The normalized spacial score (nSPS) is 22.5. The fourth-order valence-electron chi connectivity index (χ4n) is 4.65. The maximum Gasteiger partial charge on any atom is 0.248 e. The maximum atomic E-state index is 13.6. The molecule has 2 aromatic heterocycles. The molecule has 5 rings (SSSR count). The summed E-state index contributed by atoms with van der Waals surface area (Å²) in [5, 5.41) is 4.46. The molecule has 162 valence electrons. The van der Waals surface area contributed by atoms with E-state index in [2.05, 4.69) is 25.2 Å². The highest BCUT2D eigenvalue weighted by Gasteiger charge is 2.27. The number of nitrogens with one attached hydrogen (secondary N) is 1. The summed E-state index contributed by atoms with van der Waals surface area (Å²) in [6.07, 6.45) is 7.38. The number of nitrogens with zero attached hydrogens (tertiary/aromatic N) is 4. The van der Waals surface area contributed by atoms with Gasteiger partial charge in [0, 0.05) is 42.3 Å². The molecule has 3 aromatic rings. The highest BCUT2D eigenvalue weighted by molar-refractivity contribution is 5.92. The van der Waals surface area contributed by atoms with E-state index >= 15 is 0 Å². The maximum absolute atomic E-state index is 13.6. The predicted octanol–water partition coefficient (Wildman–Crippen LogP) is 4.03. The van der Waals surface area contributed by atoms with Crippen LogP contribution in [0.5, 0.6) is 0 Å². The second-order valence-corrected chi connectivity index (χ2v) is 8.25. The number of rotatable bonds is 4. The van der Waals surface area contributed by atoms with Crippen molar-refractivity contribution in [2.24, 2.45) is 0 Å². The molecular weight excluding hydrogens is 400 g/mol. The summed E-state index contributed by atoms with van der Waals surface area (Å²) in [4.78, 5) is 14.9. The molecule has 1 aromatic carbocycles. The van der Waals surface area contributed by atoms with Crippen LogP contribution in [0.1, 0.15) is 25.7 Å². The van der Waals surface area contributed by atoms with Crippen molar-refractivity contribution in [2.75, 3.05) is 31.6 Å². The third kappa shape index (κ3) is 4.36. The molecule has 6 nitrogen and oxygen atoms in total. The van der Waals surface area contributed by atoms with E-state index in [-0.39, 0.29) is 0 Å². The average molecular weight is 425 g/mol. The van der Waals surface area contributed by atoms with Crippen LogP contribution >= 0.6 is 0 Å². The molecule has 31 heavy (non-hydrogen) atoms. The van der Waals surface area contributed by atoms with Gasteiger partial charge in [0.15, 0.2) is 5.82 Å². The van der Waals surface area contributed by atoms with E-state index in [1.54, 1.807) is 6.33 Å². The minimum absolute atomic E-state index is 0.351. The Bertz CT molecular complexity index is 1070. The lowest BCUT2D eigenvalue weighted by Crippen LogP contribution is -2.46. The van der Waals surface area contributed by atoms with E-state index in [4.69, 9.17) is 4.74 Å². The number of anilines is 1. The van der Waals surface area contributed by atoms with Gasteiger partial charge >= 0.3 is 0 Å². The molecule has 8 heteroatoms. The number of benzene rings is 1. The lowest BCUT2D eigenvalue weighted by Gasteiger charge is -2.39. The first-order valence-electron chi connectivity index (χ1n) is 10.8. The van der Waals surface area contributed by atoms with Gasteiger partial charge in [0.1, 0.15) is 12.1 Å². The van der Waals surface area contributed by atoms with Gasteiger partial charge < -0.3 is 10.1 Å². The molecule has 0 radical (unpaired) electrons. The third-order valence-corrected chi connectivity index (χ3v) is 6.36. The van der Waals surface area contributed by atoms with Crippen LogP contribution in [0.4, 0.5) is 14.6 Å². The summed E-state index contributed by atoms with van der Waals surface area (Å²) in [5.41, 5.74) is 2.06. The average Bonchev–Trinajstić information content (AvgIpc) is 2.82. The molecule has 0 amide bonds. The third-order valence-electron chi connectivity index (χ3n) is 6.36. The van der Waals surface area contributed by atoms with Gasteiger partial charge in [-0.05, 0) is 49.4 Å². The molecule has 2 fully saturated rings. The largest absolute Gasteiger partial charge is 0.379 e. The van der Waals surface area contributed by atoms with Gasteiger partial charge in [-0.3, -0.25) is 4.90 Å². The number of hydrogen-bond acceptors (Lipinski definition) is 6. The standard InChI is InChI=1S/C23H25F2N5O/c24-20-12-16(13-26-22(20)25)15-1-6-21-19(11-15)23(28-14-27-21)29-17-2-4-18(5-3-17)30-7-9-31-10-8-30/h1,6,11-14,17-18H,2-5,7-10H2,(H,27,28,29). The number of aromatic nitrogens is 3. The molecule has 2 aliphatic rings. The molecule has 1 aliphatic carbocycles. The van der Waals surface area contributed by atoms with Crippen LogP contribution in [0, 0.1) is 11.8 Å². The molecule has 3 heterocycles. The molecule has 1 saturated heterocycles. The van der Waals surface area contributed by atoms with Gasteiger partial charge in [0.2, 0.25) is 5.95 Å². The number of pyridine rings is 1. The summed E-state index contributed by atoms with van der Waals surface area (Å²) in [7, 11) is 0. The molecule has 1 saturated carbocycles. The van der Waals surface area contributed by atoms with Crippen molar-refractivity contribution in [3.63, 3.8) is 0 Å². The zero-order valence-electron chi connectivity index (χ0n) is 17.2. The minimum Gasteiger partial charge on any atom is -0.379 e. The van der Waals surface area contributed by atoms with Gasteiger partial charge in [-0.25, -0.2) is 19.3 Å².